The molecule has 2 aromatic heterocycles. The summed E-state index contributed by atoms with van der Waals surface area (Å²) in [5, 5.41) is 15.7. The van der Waals surface area contributed by atoms with Crippen molar-refractivity contribution in [2.75, 3.05) is 5.32 Å². The van der Waals surface area contributed by atoms with E-state index in [0.29, 0.717) is 16.4 Å². The molecule has 0 aliphatic heterocycles. The molecule has 2 heterocycles. The van der Waals surface area contributed by atoms with Crippen molar-refractivity contribution < 1.29 is 13.9 Å². The molecule has 0 bridgehead atoms. The number of aromatic nitrogens is 4. The fraction of sp³-hybridized carbons (Fsp3) is 0.111. The van der Waals surface area contributed by atoms with Gasteiger partial charge in [0.15, 0.2) is 6.10 Å². The van der Waals surface area contributed by atoms with E-state index in [-0.39, 0.29) is 11.7 Å². The molecule has 1 N–H and O–H groups in total. The Balaban J connectivity index is 1.46. The van der Waals surface area contributed by atoms with E-state index in [9.17, 15) is 9.18 Å². The maximum atomic E-state index is 12.9. The topological polar surface area (TPSA) is 81.4 Å². The van der Waals surface area contributed by atoms with Gasteiger partial charge in [-0.3, -0.25) is 4.79 Å². The number of carbonyl (C=O) groups is 1. The fourth-order valence-electron chi connectivity index (χ4n) is 2.42. The second-order valence-electron chi connectivity index (χ2n) is 5.75. The van der Waals surface area contributed by atoms with E-state index in [1.165, 1.54) is 41.9 Å². The highest BCUT2D eigenvalue weighted by Crippen LogP contribution is 2.27. The number of fused-ring (bicyclic) bond motifs is 1. The molecule has 0 saturated heterocycles. The van der Waals surface area contributed by atoms with Gasteiger partial charge in [-0.05, 0) is 43.3 Å². The highest BCUT2D eigenvalue weighted by Gasteiger charge is 2.16. The normalized spacial score (nSPS) is 12.1. The number of nitrogens with zero attached hydrogens (tertiary/aromatic N) is 4. The molecule has 1 amide bonds. The molecule has 0 fully saturated rings. The summed E-state index contributed by atoms with van der Waals surface area (Å²) in [6, 6.07) is 12.9. The van der Waals surface area contributed by atoms with Gasteiger partial charge in [0.1, 0.15) is 22.9 Å². The SMILES string of the molecule is C[C@@H](Oc1ccc(F)cc1)C(=O)Nc1cccc(-c2nn3cnnc3s2)c1. The lowest BCUT2D eigenvalue weighted by atomic mass is 10.2. The summed E-state index contributed by atoms with van der Waals surface area (Å²) < 4.78 is 20.1. The number of rotatable bonds is 5. The first kappa shape index (κ1) is 17.1. The van der Waals surface area contributed by atoms with Gasteiger partial charge in [-0.25, -0.2) is 4.39 Å². The monoisotopic (exact) mass is 383 g/mol. The zero-order valence-electron chi connectivity index (χ0n) is 14.2. The van der Waals surface area contributed by atoms with Gasteiger partial charge in [-0.15, -0.1) is 10.2 Å². The summed E-state index contributed by atoms with van der Waals surface area (Å²) in [5.41, 5.74) is 1.48. The smallest absolute Gasteiger partial charge is 0.265 e. The highest BCUT2D eigenvalue weighted by molar-refractivity contribution is 7.19. The van der Waals surface area contributed by atoms with Crippen molar-refractivity contribution in [2.24, 2.45) is 0 Å². The molecular formula is C18H14FN5O2S. The van der Waals surface area contributed by atoms with Gasteiger partial charge >= 0.3 is 0 Å². The molecule has 0 aliphatic carbocycles. The second kappa shape index (κ2) is 7.12. The number of anilines is 1. The van der Waals surface area contributed by atoms with Gasteiger partial charge in [0, 0.05) is 11.3 Å². The zero-order valence-corrected chi connectivity index (χ0v) is 15.0. The number of halogens is 1. The minimum Gasteiger partial charge on any atom is -0.481 e. The summed E-state index contributed by atoms with van der Waals surface area (Å²) >= 11 is 1.40. The van der Waals surface area contributed by atoms with Crippen molar-refractivity contribution >= 4 is 27.9 Å². The largest absolute Gasteiger partial charge is 0.481 e. The fourth-order valence-corrected chi connectivity index (χ4v) is 3.24. The molecule has 4 aromatic rings. The minimum absolute atomic E-state index is 0.311. The van der Waals surface area contributed by atoms with Gasteiger partial charge in [0.25, 0.3) is 5.91 Å². The molecule has 27 heavy (non-hydrogen) atoms. The summed E-state index contributed by atoms with van der Waals surface area (Å²) in [7, 11) is 0. The van der Waals surface area contributed by atoms with E-state index in [1.54, 1.807) is 17.5 Å². The molecule has 0 unspecified atom stereocenters. The molecule has 4 rings (SSSR count). The van der Waals surface area contributed by atoms with Gasteiger partial charge in [0.2, 0.25) is 4.96 Å². The lowest BCUT2D eigenvalue weighted by Gasteiger charge is -2.15. The number of hydrogen-bond acceptors (Lipinski definition) is 6. The predicted molar refractivity (Wildman–Crippen MR) is 99.2 cm³/mol. The number of nitrogens with one attached hydrogen (secondary N) is 1. The van der Waals surface area contributed by atoms with E-state index < -0.39 is 6.10 Å². The van der Waals surface area contributed by atoms with E-state index in [1.807, 2.05) is 18.2 Å². The van der Waals surface area contributed by atoms with Crippen LogP contribution in [0.5, 0.6) is 5.75 Å². The van der Waals surface area contributed by atoms with Crippen LogP contribution in [0.4, 0.5) is 10.1 Å². The number of hydrogen-bond donors (Lipinski definition) is 1. The Morgan fingerprint density at radius 2 is 2.07 bits per heavy atom. The lowest BCUT2D eigenvalue weighted by molar-refractivity contribution is -0.122. The Kier molecular flexibility index (Phi) is 4.51. The van der Waals surface area contributed by atoms with Crippen LogP contribution in [0.3, 0.4) is 0 Å². The number of benzene rings is 2. The van der Waals surface area contributed by atoms with E-state index >= 15 is 0 Å². The van der Waals surface area contributed by atoms with Crippen LogP contribution in [0, 0.1) is 5.82 Å². The van der Waals surface area contributed by atoms with Crippen LogP contribution >= 0.6 is 11.3 Å². The lowest BCUT2D eigenvalue weighted by Crippen LogP contribution is -2.30. The molecule has 7 nitrogen and oxygen atoms in total. The Morgan fingerprint density at radius 3 is 2.85 bits per heavy atom. The number of amides is 1. The van der Waals surface area contributed by atoms with Gasteiger partial charge < -0.3 is 10.1 Å². The van der Waals surface area contributed by atoms with Crippen molar-refractivity contribution in [3.63, 3.8) is 0 Å². The first-order valence-corrected chi connectivity index (χ1v) is 8.90. The first-order chi connectivity index (χ1) is 13.1. The van der Waals surface area contributed by atoms with Crippen molar-refractivity contribution in [3.05, 3.63) is 60.7 Å². The van der Waals surface area contributed by atoms with E-state index in [0.717, 1.165) is 10.6 Å². The van der Waals surface area contributed by atoms with Crippen LogP contribution in [0.15, 0.2) is 54.9 Å². The Bertz CT molecular complexity index is 1060. The third-order valence-corrected chi connectivity index (χ3v) is 4.72. The Labute approximate surface area is 157 Å². The van der Waals surface area contributed by atoms with Crippen molar-refractivity contribution in [3.8, 4) is 16.3 Å². The summed E-state index contributed by atoms with van der Waals surface area (Å²) in [4.78, 5) is 13.1. The van der Waals surface area contributed by atoms with Crippen molar-refractivity contribution in [1.29, 1.82) is 0 Å². The quantitative estimate of drug-likeness (QED) is 0.571. The maximum Gasteiger partial charge on any atom is 0.265 e. The highest BCUT2D eigenvalue weighted by atomic mass is 32.1. The third-order valence-electron chi connectivity index (χ3n) is 3.76. The van der Waals surface area contributed by atoms with Gasteiger partial charge in [-0.2, -0.15) is 9.61 Å². The third kappa shape index (κ3) is 3.77. The number of ether oxygens (including phenoxy) is 1. The van der Waals surface area contributed by atoms with Gasteiger partial charge in [-0.1, -0.05) is 23.5 Å². The van der Waals surface area contributed by atoms with Crippen LogP contribution in [-0.4, -0.2) is 31.8 Å². The molecular weight excluding hydrogens is 369 g/mol. The van der Waals surface area contributed by atoms with Crippen LogP contribution in [0.25, 0.3) is 15.5 Å². The van der Waals surface area contributed by atoms with E-state index in [4.69, 9.17) is 4.74 Å². The van der Waals surface area contributed by atoms with Crippen molar-refractivity contribution in [2.45, 2.75) is 13.0 Å². The first-order valence-electron chi connectivity index (χ1n) is 8.09. The summed E-state index contributed by atoms with van der Waals surface area (Å²) in [6.45, 7) is 1.63. The Morgan fingerprint density at radius 1 is 1.26 bits per heavy atom. The molecule has 1 atom stereocenters. The molecule has 136 valence electrons. The average Bonchev–Trinajstić information content (AvgIpc) is 3.26. The second-order valence-corrected chi connectivity index (χ2v) is 6.71. The molecule has 9 heteroatoms. The molecule has 0 aliphatic rings. The molecule has 0 radical (unpaired) electrons. The molecule has 2 aromatic carbocycles. The predicted octanol–water partition coefficient (Wildman–Crippen LogP) is 3.40. The molecule has 0 saturated carbocycles. The minimum atomic E-state index is -0.742. The Hall–Kier alpha value is -3.33. The maximum absolute atomic E-state index is 12.9. The van der Waals surface area contributed by atoms with Crippen LogP contribution in [0.2, 0.25) is 0 Å². The van der Waals surface area contributed by atoms with Crippen LogP contribution in [0.1, 0.15) is 6.92 Å². The van der Waals surface area contributed by atoms with Gasteiger partial charge in [0.05, 0.1) is 0 Å². The zero-order chi connectivity index (χ0) is 18.8. The van der Waals surface area contributed by atoms with Crippen molar-refractivity contribution in [1.82, 2.24) is 19.8 Å². The molecule has 0 spiro atoms. The van der Waals surface area contributed by atoms with Crippen LogP contribution in [-0.2, 0) is 4.79 Å². The van der Waals surface area contributed by atoms with E-state index in [2.05, 4.69) is 20.6 Å². The average molecular weight is 383 g/mol. The number of carbonyl (C=O) groups excluding carboxylic acids is 1. The van der Waals surface area contributed by atoms with Crippen LogP contribution < -0.4 is 10.1 Å². The standard InChI is InChI=1S/C18H14FN5O2S/c1-11(26-15-7-5-13(19)6-8-15)16(25)21-14-4-2-3-12(9-14)17-23-24-10-20-22-18(24)27-17/h2-11H,1H3,(H,21,25)/t11-/m1/s1. The summed E-state index contributed by atoms with van der Waals surface area (Å²) in [5.74, 6) is -0.246. The summed E-state index contributed by atoms with van der Waals surface area (Å²) in [6.07, 6.45) is 0.795.